The Morgan fingerprint density at radius 2 is 2.14 bits per heavy atom. The molecule has 0 unspecified atom stereocenters. The van der Waals surface area contributed by atoms with Crippen LogP contribution < -0.4 is 5.73 Å². The van der Waals surface area contributed by atoms with Crippen LogP contribution in [0.25, 0.3) is 0 Å². The van der Waals surface area contributed by atoms with E-state index in [0.29, 0.717) is 6.54 Å². The van der Waals surface area contributed by atoms with Crippen molar-refractivity contribution in [2.75, 3.05) is 13.1 Å². The van der Waals surface area contributed by atoms with Crippen molar-refractivity contribution in [2.45, 2.75) is 45.3 Å². The maximum atomic E-state index is 11.7. The van der Waals surface area contributed by atoms with Gasteiger partial charge in [-0.15, -0.1) is 0 Å². The zero-order valence-corrected chi connectivity index (χ0v) is 9.46. The molecule has 1 rings (SSSR count). The SMILES string of the molecule is CC(C)(C)OC(=O)N1CC[C@@]1(C)CN. The van der Waals surface area contributed by atoms with E-state index in [1.807, 2.05) is 27.7 Å². The number of amides is 1. The van der Waals surface area contributed by atoms with Crippen LogP contribution in [-0.2, 0) is 4.74 Å². The predicted octanol–water partition coefficient (Wildman–Crippen LogP) is 1.34. The summed E-state index contributed by atoms with van der Waals surface area (Å²) < 4.78 is 5.27. The lowest BCUT2D eigenvalue weighted by molar-refractivity contribution is -0.0340. The number of hydrogen-bond donors (Lipinski definition) is 1. The first kappa shape index (κ1) is 11.3. The molecule has 14 heavy (non-hydrogen) atoms. The molecule has 4 heteroatoms. The molecule has 2 N–H and O–H groups in total. The van der Waals surface area contributed by atoms with Crippen LogP contribution in [0.5, 0.6) is 0 Å². The van der Waals surface area contributed by atoms with Gasteiger partial charge in [0.25, 0.3) is 0 Å². The highest BCUT2D eigenvalue weighted by molar-refractivity contribution is 5.70. The van der Waals surface area contributed by atoms with Crippen LogP contribution in [0.4, 0.5) is 4.79 Å². The molecule has 0 spiro atoms. The second-order valence-corrected chi connectivity index (χ2v) is 5.08. The quantitative estimate of drug-likeness (QED) is 0.695. The molecule has 0 aliphatic carbocycles. The highest BCUT2D eigenvalue weighted by Crippen LogP contribution is 2.30. The lowest BCUT2D eigenvalue weighted by atomic mass is 9.87. The van der Waals surface area contributed by atoms with Crippen LogP contribution in [0.1, 0.15) is 34.1 Å². The summed E-state index contributed by atoms with van der Waals surface area (Å²) in [7, 11) is 0. The first-order valence-corrected chi connectivity index (χ1v) is 4.99. The highest BCUT2D eigenvalue weighted by atomic mass is 16.6. The van der Waals surface area contributed by atoms with Crippen molar-refractivity contribution in [3.63, 3.8) is 0 Å². The molecule has 1 heterocycles. The smallest absolute Gasteiger partial charge is 0.410 e. The molecule has 0 aromatic rings. The van der Waals surface area contributed by atoms with E-state index in [9.17, 15) is 4.79 Å². The number of ether oxygens (including phenoxy) is 1. The third-order valence-corrected chi connectivity index (χ3v) is 2.58. The van der Waals surface area contributed by atoms with E-state index in [2.05, 4.69) is 0 Å². The summed E-state index contributed by atoms with van der Waals surface area (Å²) in [6, 6.07) is 0. The number of rotatable bonds is 1. The molecule has 0 aromatic carbocycles. The van der Waals surface area contributed by atoms with E-state index < -0.39 is 5.60 Å². The zero-order chi connectivity index (χ0) is 11.0. The molecule has 1 aliphatic rings. The fourth-order valence-electron chi connectivity index (χ4n) is 1.45. The van der Waals surface area contributed by atoms with Crippen LogP contribution in [0, 0.1) is 0 Å². The van der Waals surface area contributed by atoms with Gasteiger partial charge in [-0.2, -0.15) is 0 Å². The van der Waals surface area contributed by atoms with Crippen molar-refractivity contribution in [3.05, 3.63) is 0 Å². The largest absolute Gasteiger partial charge is 0.444 e. The van der Waals surface area contributed by atoms with Crippen molar-refractivity contribution < 1.29 is 9.53 Å². The summed E-state index contributed by atoms with van der Waals surface area (Å²) in [5.41, 5.74) is 4.99. The van der Waals surface area contributed by atoms with Gasteiger partial charge in [0, 0.05) is 13.1 Å². The highest BCUT2D eigenvalue weighted by Gasteiger charge is 2.44. The summed E-state index contributed by atoms with van der Waals surface area (Å²) in [6.45, 7) is 8.83. The van der Waals surface area contributed by atoms with Crippen LogP contribution in [0.15, 0.2) is 0 Å². The van der Waals surface area contributed by atoms with Gasteiger partial charge in [0.2, 0.25) is 0 Å². The van der Waals surface area contributed by atoms with Gasteiger partial charge in [-0.3, -0.25) is 0 Å². The number of nitrogens with two attached hydrogens (primary N) is 1. The molecule has 4 nitrogen and oxygen atoms in total. The van der Waals surface area contributed by atoms with Crippen LogP contribution in [-0.4, -0.2) is 35.2 Å². The molecule has 0 saturated carbocycles. The Hall–Kier alpha value is -0.770. The maximum absolute atomic E-state index is 11.7. The Kier molecular flexibility index (Phi) is 2.76. The van der Waals surface area contributed by atoms with Crippen molar-refractivity contribution in [2.24, 2.45) is 5.73 Å². The molecular formula is C10H20N2O2. The topological polar surface area (TPSA) is 55.6 Å². The summed E-state index contributed by atoms with van der Waals surface area (Å²) in [6.07, 6.45) is 0.708. The molecular weight excluding hydrogens is 180 g/mol. The van der Waals surface area contributed by atoms with E-state index in [1.54, 1.807) is 4.90 Å². The van der Waals surface area contributed by atoms with Gasteiger partial charge in [0.1, 0.15) is 5.60 Å². The Morgan fingerprint density at radius 3 is 2.43 bits per heavy atom. The average molecular weight is 200 g/mol. The average Bonchev–Trinajstić information content (AvgIpc) is 1.97. The number of likely N-dealkylation sites (tertiary alicyclic amines) is 1. The van der Waals surface area contributed by atoms with Gasteiger partial charge in [0.05, 0.1) is 5.54 Å². The van der Waals surface area contributed by atoms with Gasteiger partial charge in [-0.05, 0) is 34.1 Å². The van der Waals surface area contributed by atoms with E-state index in [0.717, 1.165) is 13.0 Å². The predicted molar refractivity (Wildman–Crippen MR) is 55.0 cm³/mol. The second-order valence-electron chi connectivity index (χ2n) is 5.08. The van der Waals surface area contributed by atoms with Crippen LogP contribution in [0.3, 0.4) is 0 Å². The number of carbonyl (C=O) groups is 1. The zero-order valence-electron chi connectivity index (χ0n) is 9.46. The second kappa shape index (κ2) is 3.42. The molecule has 0 aromatic heterocycles. The molecule has 1 atom stereocenters. The minimum Gasteiger partial charge on any atom is -0.444 e. The Labute approximate surface area is 85.4 Å². The monoisotopic (exact) mass is 200 g/mol. The molecule has 82 valence electrons. The molecule has 0 radical (unpaired) electrons. The van der Waals surface area contributed by atoms with Crippen molar-refractivity contribution in [1.29, 1.82) is 0 Å². The Balaban J connectivity index is 2.55. The van der Waals surface area contributed by atoms with Gasteiger partial charge >= 0.3 is 6.09 Å². The van der Waals surface area contributed by atoms with Crippen LogP contribution >= 0.6 is 0 Å². The van der Waals surface area contributed by atoms with Gasteiger partial charge in [-0.1, -0.05) is 0 Å². The van der Waals surface area contributed by atoms with E-state index in [1.165, 1.54) is 0 Å². The van der Waals surface area contributed by atoms with Gasteiger partial charge in [-0.25, -0.2) is 4.79 Å². The lowest BCUT2D eigenvalue weighted by Gasteiger charge is -2.49. The van der Waals surface area contributed by atoms with Gasteiger partial charge < -0.3 is 15.4 Å². The number of hydrogen-bond acceptors (Lipinski definition) is 3. The molecule has 0 bridgehead atoms. The fraction of sp³-hybridized carbons (Fsp3) is 0.900. The van der Waals surface area contributed by atoms with Crippen molar-refractivity contribution in [3.8, 4) is 0 Å². The fourth-order valence-corrected chi connectivity index (χ4v) is 1.45. The third kappa shape index (κ3) is 2.18. The van der Waals surface area contributed by atoms with E-state index in [4.69, 9.17) is 10.5 Å². The Bertz CT molecular complexity index is 231. The first-order chi connectivity index (χ1) is 6.28. The van der Waals surface area contributed by atoms with Gasteiger partial charge in [0.15, 0.2) is 0 Å². The molecule has 1 fully saturated rings. The Morgan fingerprint density at radius 1 is 1.57 bits per heavy atom. The normalized spacial score (nSPS) is 27.1. The summed E-state index contributed by atoms with van der Waals surface area (Å²) in [5, 5.41) is 0. The van der Waals surface area contributed by atoms with Crippen molar-refractivity contribution in [1.82, 2.24) is 4.90 Å². The summed E-state index contributed by atoms with van der Waals surface area (Å²) in [4.78, 5) is 13.4. The number of nitrogens with zero attached hydrogens (tertiary/aromatic N) is 1. The number of carbonyl (C=O) groups excluding carboxylic acids is 1. The maximum Gasteiger partial charge on any atom is 0.410 e. The summed E-state index contributed by atoms with van der Waals surface area (Å²) >= 11 is 0. The standard InChI is InChI=1S/C10H20N2O2/c1-9(2,3)14-8(13)12-6-5-10(12,4)7-11/h5-7,11H2,1-4H3/t10-/m0/s1. The minimum absolute atomic E-state index is 0.192. The van der Waals surface area contributed by atoms with E-state index >= 15 is 0 Å². The van der Waals surface area contributed by atoms with Crippen molar-refractivity contribution >= 4 is 6.09 Å². The molecule has 1 amide bonds. The van der Waals surface area contributed by atoms with E-state index in [-0.39, 0.29) is 11.6 Å². The third-order valence-electron chi connectivity index (χ3n) is 2.58. The minimum atomic E-state index is -0.428. The summed E-state index contributed by atoms with van der Waals surface area (Å²) in [5.74, 6) is 0. The molecule has 1 aliphatic heterocycles. The first-order valence-electron chi connectivity index (χ1n) is 4.99. The van der Waals surface area contributed by atoms with Crippen LogP contribution in [0.2, 0.25) is 0 Å². The molecule has 1 saturated heterocycles. The lowest BCUT2D eigenvalue weighted by Crippen LogP contribution is -2.64.